The van der Waals surface area contributed by atoms with E-state index in [0.717, 1.165) is 18.4 Å². The van der Waals surface area contributed by atoms with Crippen molar-refractivity contribution in [3.05, 3.63) is 21.4 Å². The Bertz CT molecular complexity index is 420. The second-order valence-electron chi connectivity index (χ2n) is 5.52. The second kappa shape index (κ2) is 4.85. The summed E-state index contributed by atoms with van der Waals surface area (Å²) in [7, 11) is 0. The summed E-state index contributed by atoms with van der Waals surface area (Å²) >= 11 is 1.69. The van der Waals surface area contributed by atoms with Crippen molar-refractivity contribution in [2.24, 2.45) is 0 Å². The van der Waals surface area contributed by atoms with Gasteiger partial charge in [-0.1, -0.05) is 13.8 Å². The van der Waals surface area contributed by atoms with Gasteiger partial charge in [-0.2, -0.15) is 13.2 Å². The molecule has 1 heterocycles. The topological polar surface area (TPSA) is 12.0 Å². The van der Waals surface area contributed by atoms with Gasteiger partial charge in [0, 0.05) is 11.4 Å². The summed E-state index contributed by atoms with van der Waals surface area (Å²) in [5, 5.41) is 4.51. The molecule has 0 aliphatic heterocycles. The summed E-state index contributed by atoms with van der Waals surface area (Å²) in [6, 6.07) is 0. The third kappa shape index (κ3) is 3.06. The van der Waals surface area contributed by atoms with E-state index in [9.17, 15) is 13.2 Å². The van der Waals surface area contributed by atoms with Crippen LogP contribution < -0.4 is 5.32 Å². The van der Waals surface area contributed by atoms with Crippen molar-refractivity contribution in [3.8, 4) is 0 Å². The molecule has 0 amide bonds. The fourth-order valence-corrected chi connectivity index (χ4v) is 3.99. The minimum atomic E-state index is -4.13. The highest BCUT2D eigenvalue weighted by Crippen LogP contribution is 2.42. The molecule has 1 aliphatic carbocycles. The van der Waals surface area contributed by atoms with Crippen LogP contribution in [0, 0.1) is 0 Å². The number of aryl methyl sites for hydroxylation is 1. The number of hydrogen-bond acceptors (Lipinski definition) is 2. The van der Waals surface area contributed by atoms with E-state index in [4.69, 9.17) is 0 Å². The van der Waals surface area contributed by atoms with Crippen molar-refractivity contribution in [1.82, 2.24) is 5.32 Å². The quantitative estimate of drug-likeness (QED) is 0.880. The molecule has 0 atom stereocenters. The van der Waals surface area contributed by atoms with Crippen LogP contribution in [0.2, 0.25) is 0 Å². The van der Waals surface area contributed by atoms with Gasteiger partial charge in [-0.15, -0.1) is 11.3 Å². The lowest BCUT2D eigenvalue weighted by Crippen LogP contribution is -2.30. The molecule has 0 fully saturated rings. The number of rotatable bonds is 3. The van der Waals surface area contributed by atoms with Crippen molar-refractivity contribution in [2.45, 2.75) is 51.2 Å². The molecule has 0 bridgehead atoms. The zero-order valence-corrected chi connectivity index (χ0v) is 11.5. The molecule has 0 aromatic carbocycles. The van der Waals surface area contributed by atoms with E-state index in [1.165, 1.54) is 16.9 Å². The number of alkyl halides is 3. The van der Waals surface area contributed by atoms with Crippen LogP contribution in [0.25, 0.3) is 0 Å². The van der Waals surface area contributed by atoms with Crippen LogP contribution in [-0.4, -0.2) is 12.7 Å². The van der Waals surface area contributed by atoms with Crippen molar-refractivity contribution >= 4 is 11.3 Å². The molecule has 5 heteroatoms. The Labute approximate surface area is 109 Å². The summed E-state index contributed by atoms with van der Waals surface area (Å²) in [6.07, 6.45) is -0.771. The molecule has 0 saturated carbocycles. The maximum atomic E-state index is 12.1. The molecule has 0 saturated heterocycles. The smallest absolute Gasteiger partial charge is 0.305 e. The van der Waals surface area contributed by atoms with Crippen LogP contribution in [0.5, 0.6) is 0 Å². The number of hydrogen-bond donors (Lipinski definition) is 1. The Hall–Kier alpha value is -0.550. The predicted octanol–water partition coefficient (Wildman–Crippen LogP) is 4.01. The Kier molecular flexibility index (Phi) is 3.74. The van der Waals surface area contributed by atoms with Gasteiger partial charge in [0.15, 0.2) is 0 Å². The second-order valence-corrected chi connectivity index (χ2v) is 6.48. The largest absolute Gasteiger partial charge is 0.401 e. The van der Waals surface area contributed by atoms with E-state index in [2.05, 4.69) is 19.2 Å². The summed E-state index contributed by atoms with van der Waals surface area (Å²) in [5.41, 5.74) is 2.43. The standard InChI is InChI=1S/C13H18F3NS/c1-12(2)5-3-4-10-11(12)9(7-18-10)6-17-8-13(14,15)16/h7,17H,3-6,8H2,1-2H3. The molecule has 1 aromatic heterocycles. The Balaban J connectivity index is 2.09. The Morgan fingerprint density at radius 3 is 2.78 bits per heavy atom. The number of fused-ring (bicyclic) bond motifs is 1. The van der Waals surface area contributed by atoms with Gasteiger partial charge < -0.3 is 5.32 Å². The van der Waals surface area contributed by atoms with Gasteiger partial charge in [0.25, 0.3) is 0 Å². The highest BCUT2D eigenvalue weighted by Gasteiger charge is 2.32. The first-order valence-electron chi connectivity index (χ1n) is 6.17. The highest BCUT2D eigenvalue weighted by atomic mass is 32.1. The van der Waals surface area contributed by atoms with E-state index in [-0.39, 0.29) is 5.41 Å². The zero-order chi connectivity index (χ0) is 13.4. The monoisotopic (exact) mass is 277 g/mol. The van der Waals surface area contributed by atoms with Crippen LogP contribution in [0.1, 0.15) is 42.7 Å². The molecule has 0 radical (unpaired) electrons. The van der Waals surface area contributed by atoms with Gasteiger partial charge in [0.2, 0.25) is 0 Å². The van der Waals surface area contributed by atoms with Crippen LogP contribution in [0.15, 0.2) is 5.38 Å². The van der Waals surface area contributed by atoms with E-state index in [0.29, 0.717) is 6.54 Å². The lowest BCUT2D eigenvalue weighted by Gasteiger charge is -2.31. The van der Waals surface area contributed by atoms with Gasteiger partial charge >= 0.3 is 6.18 Å². The number of halogens is 3. The zero-order valence-electron chi connectivity index (χ0n) is 10.7. The van der Waals surface area contributed by atoms with Gasteiger partial charge in [0.05, 0.1) is 6.54 Å². The molecule has 2 rings (SSSR count). The molecule has 0 spiro atoms. The third-order valence-electron chi connectivity index (χ3n) is 3.47. The lowest BCUT2D eigenvalue weighted by molar-refractivity contribution is -0.125. The summed E-state index contributed by atoms with van der Waals surface area (Å²) in [4.78, 5) is 1.36. The lowest BCUT2D eigenvalue weighted by atomic mass is 9.74. The van der Waals surface area contributed by atoms with Crippen molar-refractivity contribution in [3.63, 3.8) is 0 Å². The molecule has 18 heavy (non-hydrogen) atoms. The van der Waals surface area contributed by atoms with E-state index in [1.807, 2.05) is 5.38 Å². The Morgan fingerprint density at radius 1 is 1.39 bits per heavy atom. The summed E-state index contributed by atoms with van der Waals surface area (Å²) in [6.45, 7) is 3.77. The van der Waals surface area contributed by atoms with Crippen LogP contribution in [0.3, 0.4) is 0 Å². The molecule has 1 aromatic rings. The molecular weight excluding hydrogens is 259 g/mol. The summed E-state index contributed by atoms with van der Waals surface area (Å²) < 4.78 is 36.3. The molecule has 102 valence electrons. The number of thiophene rings is 1. The molecule has 1 nitrogen and oxygen atoms in total. The maximum absolute atomic E-state index is 12.1. The molecule has 1 aliphatic rings. The molecule has 0 unspecified atom stereocenters. The highest BCUT2D eigenvalue weighted by molar-refractivity contribution is 7.10. The minimum Gasteiger partial charge on any atom is -0.305 e. The predicted molar refractivity (Wildman–Crippen MR) is 68.0 cm³/mol. The van der Waals surface area contributed by atoms with Gasteiger partial charge in [-0.3, -0.25) is 0 Å². The van der Waals surface area contributed by atoms with Crippen molar-refractivity contribution < 1.29 is 13.2 Å². The van der Waals surface area contributed by atoms with Crippen LogP contribution in [-0.2, 0) is 18.4 Å². The normalized spacial score (nSPS) is 18.7. The van der Waals surface area contributed by atoms with Crippen LogP contribution in [0.4, 0.5) is 13.2 Å². The average molecular weight is 277 g/mol. The van der Waals surface area contributed by atoms with Crippen LogP contribution >= 0.6 is 11.3 Å². The van der Waals surface area contributed by atoms with Crippen molar-refractivity contribution in [1.29, 1.82) is 0 Å². The molecule has 1 N–H and O–H groups in total. The van der Waals surface area contributed by atoms with E-state index in [1.54, 1.807) is 11.3 Å². The van der Waals surface area contributed by atoms with Gasteiger partial charge in [0.1, 0.15) is 0 Å². The molecular formula is C13H18F3NS. The first kappa shape index (κ1) is 13.9. The first-order valence-corrected chi connectivity index (χ1v) is 7.05. The summed E-state index contributed by atoms with van der Waals surface area (Å²) in [5.74, 6) is 0. The SMILES string of the molecule is CC1(C)CCCc2scc(CNCC(F)(F)F)c21. The fraction of sp³-hybridized carbons (Fsp3) is 0.692. The Morgan fingerprint density at radius 2 is 2.11 bits per heavy atom. The van der Waals surface area contributed by atoms with Gasteiger partial charge in [-0.25, -0.2) is 0 Å². The first-order chi connectivity index (χ1) is 8.30. The minimum absolute atomic E-state index is 0.100. The van der Waals surface area contributed by atoms with Gasteiger partial charge in [-0.05, 0) is 41.2 Å². The maximum Gasteiger partial charge on any atom is 0.401 e. The number of nitrogens with one attached hydrogen (secondary N) is 1. The third-order valence-corrected chi connectivity index (χ3v) is 4.56. The van der Waals surface area contributed by atoms with E-state index >= 15 is 0 Å². The van der Waals surface area contributed by atoms with Crippen molar-refractivity contribution in [2.75, 3.05) is 6.54 Å². The van der Waals surface area contributed by atoms with E-state index < -0.39 is 12.7 Å². The fourth-order valence-electron chi connectivity index (χ4n) is 2.72. The average Bonchev–Trinajstić information content (AvgIpc) is 2.60.